The van der Waals surface area contributed by atoms with Gasteiger partial charge in [-0.3, -0.25) is 20.1 Å². The first-order valence-electron chi connectivity index (χ1n) is 9.12. The van der Waals surface area contributed by atoms with Gasteiger partial charge in [-0.2, -0.15) is 5.10 Å². The van der Waals surface area contributed by atoms with Gasteiger partial charge in [-0.05, 0) is 29.6 Å². The van der Waals surface area contributed by atoms with Gasteiger partial charge in [-0.1, -0.05) is 12.1 Å². The van der Waals surface area contributed by atoms with Crippen LogP contribution < -0.4 is 0 Å². The van der Waals surface area contributed by atoms with E-state index in [0.717, 1.165) is 50.0 Å². The molecule has 0 bridgehead atoms. The molecule has 7 heteroatoms. The van der Waals surface area contributed by atoms with E-state index < -0.39 is 0 Å². The maximum Gasteiger partial charge on any atom is 0.116 e. The van der Waals surface area contributed by atoms with E-state index in [9.17, 15) is 0 Å². The molecule has 1 aromatic carbocycles. The van der Waals surface area contributed by atoms with Crippen LogP contribution in [0.25, 0.3) is 54.9 Å². The first kappa shape index (κ1) is 16.1. The zero-order valence-electron chi connectivity index (χ0n) is 15.1. The van der Waals surface area contributed by atoms with Crippen LogP contribution in [0.5, 0.6) is 0 Å². The van der Waals surface area contributed by atoms with Gasteiger partial charge in [0.15, 0.2) is 0 Å². The van der Waals surface area contributed by atoms with E-state index in [1.165, 1.54) is 4.88 Å². The van der Waals surface area contributed by atoms with Crippen molar-refractivity contribution in [1.82, 2.24) is 30.1 Å². The quantitative estimate of drug-likeness (QED) is 0.427. The summed E-state index contributed by atoms with van der Waals surface area (Å²) in [6, 6.07) is 12.5. The van der Waals surface area contributed by atoms with Gasteiger partial charge < -0.3 is 4.98 Å². The van der Waals surface area contributed by atoms with Crippen LogP contribution in [0.4, 0.5) is 0 Å². The second kappa shape index (κ2) is 6.35. The second-order valence-electron chi connectivity index (χ2n) is 6.73. The molecule has 6 aromatic rings. The standard InChI is InChI=1S/C22H14N6S/c1-2-21(29-7-1)16-10-24-12-20-14(16)9-18(26-20)22-15-8-13(3-4-17(15)27-28-22)19-11-23-5-6-25-19/h1-12,26H,(H,27,28). The molecule has 0 spiro atoms. The van der Waals surface area contributed by atoms with E-state index in [2.05, 4.69) is 59.8 Å². The second-order valence-corrected chi connectivity index (χ2v) is 7.68. The summed E-state index contributed by atoms with van der Waals surface area (Å²) in [6.45, 7) is 0. The molecular weight excluding hydrogens is 380 g/mol. The number of nitrogens with one attached hydrogen (secondary N) is 2. The highest BCUT2D eigenvalue weighted by Gasteiger charge is 2.15. The topological polar surface area (TPSA) is 83.1 Å². The lowest BCUT2D eigenvalue weighted by molar-refractivity contribution is 1.12. The van der Waals surface area contributed by atoms with E-state index >= 15 is 0 Å². The van der Waals surface area contributed by atoms with Gasteiger partial charge in [0.2, 0.25) is 0 Å². The average molecular weight is 394 g/mol. The molecule has 0 atom stereocenters. The first-order valence-corrected chi connectivity index (χ1v) is 10.0. The molecule has 0 amide bonds. The number of thiophene rings is 1. The first-order chi connectivity index (χ1) is 14.4. The Morgan fingerprint density at radius 1 is 0.862 bits per heavy atom. The SMILES string of the molecule is c1csc(-c2cncc3[nH]c(-c4n[nH]c5ccc(-c6cnccn6)cc45)cc23)c1. The third-order valence-corrected chi connectivity index (χ3v) is 5.91. The number of rotatable bonds is 3. The molecule has 138 valence electrons. The Bertz CT molecular complexity index is 1450. The number of hydrogen-bond donors (Lipinski definition) is 2. The van der Waals surface area contributed by atoms with Crippen LogP contribution >= 0.6 is 11.3 Å². The lowest BCUT2D eigenvalue weighted by atomic mass is 10.1. The Balaban J connectivity index is 1.53. The maximum absolute atomic E-state index is 4.58. The maximum atomic E-state index is 4.58. The molecule has 6 nitrogen and oxygen atoms in total. The minimum absolute atomic E-state index is 0.836. The molecule has 0 aliphatic carbocycles. The number of hydrogen-bond acceptors (Lipinski definition) is 5. The number of fused-ring (bicyclic) bond motifs is 2. The molecule has 0 aliphatic heterocycles. The Hall–Kier alpha value is -3.84. The minimum Gasteiger partial charge on any atom is -0.352 e. The third-order valence-electron chi connectivity index (χ3n) is 5.01. The molecule has 6 rings (SSSR count). The minimum atomic E-state index is 0.836. The Morgan fingerprint density at radius 2 is 1.86 bits per heavy atom. The lowest BCUT2D eigenvalue weighted by Gasteiger charge is -2.00. The molecule has 0 saturated heterocycles. The van der Waals surface area contributed by atoms with Crippen LogP contribution in [0, 0.1) is 0 Å². The number of pyridine rings is 1. The fourth-order valence-corrected chi connectivity index (χ4v) is 4.38. The fraction of sp³-hybridized carbons (Fsp3) is 0. The van der Waals surface area contributed by atoms with Gasteiger partial charge >= 0.3 is 0 Å². The van der Waals surface area contributed by atoms with Crippen molar-refractivity contribution >= 4 is 33.1 Å². The summed E-state index contributed by atoms with van der Waals surface area (Å²) in [4.78, 5) is 17.7. The fourth-order valence-electron chi connectivity index (χ4n) is 3.63. The van der Waals surface area contributed by atoms with Crippen molar-refractivity contribution in [2.75, 3.05) is 0 Å². The predicted molar refractivity (Wildman–Crippen MR) is 116 cm³/mol. The number of nitrogens with zero attached hydrogens (tertiary/aromatic N) is 4. The molecule has 0 aliphatic rings. The van der Waals surface area contributed by atoms with E-state index in [1.807, 2.05) is 24.5 Å². The number of aromatic amines is 2. The Morgan fingerprint density at radius 3 is 2.72 bits per heavy atom. The van der Waals surface area contributed by atoms with Gasteiger partial charge in [-0.15, -0.1) is 11.3 Å². The molecule has 2 N–H and O–H groups in total. The molecule has 0 saturated carbocycles. The molecule has 0 unspecified atom stereocenters. The van der Waals surface area contributed by atoms with Crippen molar-refractivity contribution in [3.63, 3.8) is 0 Å². The van der Waals surface area contributed by atoms with Crippen LogP contribution in [0.3, 0.4) is 0 Å². The van der Waals surface area contributed by atoms with Crippen LogP contribution in [0.15, 0.2) is 72.8 Å². The van der Waals surface area contributed by atoms with Gasteiger partial charge in [-0.25, -0.2) is 0 Å². The van der Waals surface area contributed by atoms with E-state index in [4.69, 9.17) is 0 Å². The smallest absolute Gasteiger partial charge is 0.116 e. The van der Waals surface area contributed by atoms with Gasteiger partial charge in [0.05, 0.1) is 34.8 Å². The van der Waals surface area contributed by atoms with Crippen LogP contribution in [0.1, 0.15) is 0 Å². The highest BCUT2D eigenvalue weighted by atomic mass is 32.1. The predicted octanol–water partition coefficient (Wildman–Crippen LogP) is 5.29. The Labute approximate surface area is 169 Å². The van der Waals surface area contributed by atoms with Crippen molar-refractivity contribution in [3.8, 4) is 33.1 Å². The normalized spacial score (nSPS) is 11.4. The van der Waals surface area contributed by atoms with Gasteiger partial charge in [0, 0.05) is 45.4 Å². The van der Waals surface area contributed by atoms with Crippen LogP contribution in [-0.4, -0.2) is 30.1 Å². The molecule has 5 aromatic heterocycles. The molecule has 29 heavy (non-hydrogen) atoms. The third kappa shape index (κ3) is 2.63. The monoisotopic (exact) mass is 394 g/mol. The molecule has 5 heterocycles. The summed E-state index contributed by atoms with van der Waals surface area (Å²) >= 11 is 1.71. The zero-order valence-corrected chi connectivity index (χ0v) is 15.9. The zero-order chi connectivity index (χ0) is 19.2. The van der Waals surface area contributed by atoms with Crippen LogP contribution in [0.2, 0.25) is 0 Å². The molecule has 0 fully saturated rings. The van der Waals surface area contributed by atoms with Gasteiger partial charge in [0.25, 0.3) is 0 Å². The Kier molecular flexibility index (Phi) is 3.54. The van der Waals surface area contributed by atoms with Crippen molar-refractivity contribution in [3.05, 3.63) is 72.8 Å². The largest absolute Gasteiger partial charge is 0.352 e. The van der Waals surface area contributed by atoms with E-state index in [1.54, 1.807) is 29.9 Å². The van der Waals surface area contributed by atoms with Crippen molar-refractivity contribution in [2.24, 2.45) is 0 Å². The summed E-state index contributed by atoms with van der Waals surface area (Å²) in [7, 11) is 0. The van der Waals surface area contributed by atoms with Crippen molar-refractivity contribution in [2.45, 2.75) is 0 Å². The lowest BCUT2D eigenvalue weighted by Crippen LogP contribution is -1.84. The van der Waals surface area contributed by atoms with E-state index in [-0.39, 0.29) is 0 Å². The van der Waals surface area contributed by atoms with Crippen LogP contribution in [-0.2, 0) is 0 Å². The van der Waals surface area contributed by atoms with Crippen molar-refractivity contribution < 1.29 is 0 Å². The average Bonchev–Trinajstić information content (AvgIpc) is 3.52. The van der Waals surface area contributed by atoms with Crippen molar-refractivity contribution in [1.29, 1.82) is 0 Å². The highest BCUT2D eigenvalue weighted by Crippen LogP contribution is 2.35. The van der Waals surface area contributed by atoms with E-state index in [0.29, 0.717) is 0 Å². The summed E-state index contributed by atoms with van der Waals surface area (Å²) in [5, 5.41) is 12.0. The summed E-state index contributed by atoms with van der Waals surface area (Å²) in [5.41, 5.74) is 6.76. The highest BCUT2D eigenvalue weighted by molar-refractivity contribution is 7.13. The number of H-pyrrole nitrogens is 2. The molecule has 0 radical (unpaired) electrons. The molecular formula is C22H14N6S. The number of benzene rings is 1. The summed E-state index contributed by atoms with van der Waals surface area (Å²) in [5.74, 6) is 0. The van der Waals surface area contributed by atoms with Gasteiger partial charge in [0.1, 0.15) is 5.69 Å². The summed E-state index contributed by atoms with van der Waals surface area (Å²) < 4.78 is 0. The number of aromatic nitrogens is 6. The summed E-state index contributed by atoms with van der Waals surface area (Å²) in [6.07, 6.45) is 8.92.